The first-order valence-corrected chi connectivity index (χ1v) is 19.9. The first-order chi connectivity index (χ1) is 26.2. The fourth-order valence-corrected chi connectivity index (χ4v) is 8.89. The lowest BCUT2D eigenvalue weighted by atomic mass is 9.78. The molecule has 6 heterocycles. The van der Waals surface area contributed by atoms with Crippen molar-refractivity contribution < 1.29 is 32.8 Å². The van der Waals surface area contributed by atoms with Crippen LogP contribution in [-0.4, -0.2) is 88.9 Å². The second kappa shape index (κ2) is 14.0. The van der Waals surface area contributed by atoms with E-state index in [2.05, 4.69) is 33.2 Å². The lowest BCUT2D eigenvalue weighted by Crippen LogP contribution is -2.55. The zero-order valence-electron chi connectivity index (χ0n) is 32.6. The maximum Gasteiger partial charge on any atom is 0.494 e. The molecule has 4 atom stereocenters. The zero-order valence-corrected chi connectivity index (χ0v) is 33.4. The van der Waals surface area contributed by atoms with E-state index < -0.39 is 42.5 Å². The fraction of sp³-hybridized carbons (Fsp3) is 0.500. The Bertz CT molecular complexity index is 2180. The number of likely N-dealkylation sites (tertiary alicyclic amines) is 1. The number of aryl methyl sites for hydroxylation is 1. The number of halogens is 1. The first-order valence-electron chi connectivity index (χ1n) is 19.1. The number of amides is 2. The van der Waals surface area contributed by atoms with Gasteiger partial charge in [0.2, 0.25) is 12.1 Å². The Kier molecular flexibility index (Phi) is 9.58. The van der Waals surface area contributed by atoms with Crippen molar-refractivity contribution in [2.24, 2.45) is 10.9 Å². The molecule has 4 aliphatic rings. The monoisotopic (exact) mass is 770 g/mol. The lowest BCUT2D eigenvalue weighted by molar-refractivity contribution is -0.135. The molecule has 2 amide bonds. The van der Waals surface area contributed by atoms with Crippen LogP contribution in [0.5, 0.6) is 5.75 Å². The molecule has 0 aliphatic carbocycles. The van der Waals surface area contributed by atoms with Crippen LogP contribution in [-0.2, 0) is 25.3 Å². The number of alkyl carbamates (subject to hydrolysis) is 1. The van der Waals surface area contributed by atoms with Crippen molar-refractivity contribution in [1.82, 2.24) is 25.1 Å². The van der Waals surface area contributed by atoms with Crippen LogP contribution in [0.3, 0.4) is 0 Å². The van der Waals surface area contributed by atoms with Gasteiger partial charge >= 0.3 is 13.2 Å². The lowest BCUT2D eigenvalue weighted by Gasteiger charge is -2.32. The number of hydrogen-bond donors (Lipinski definition) is 2. The second-order valence-electron chi connectivity index (χ2n) is 16.1. The quantitative estimate of drug-likeness (QED) is 0.216. The van der Waals surface area contributed by atoms with E-state index in [1.807, 2.05) is 76.9 Å². The number of nitrogens with one attached hydrogen (secondary N) is 2. The summed E-state index contributed by atoms with van der Waals surface area (Å²) in [6.07, 6.45) is 2.61. The number of benzene rings is 2. The zero-order chi connectivity index (χ0) is 39.0. The molecule has 290 valence electrons. The highest BCUT2D eigenvalue weighted by molar-refractivity contribution is 7.11. The van der Waals surface area contributed by atoms with E-state index in [-0.39, 0.29) is 24.0 Å². The van der Waals surface area contributed by atoms with E-state index in [0.717, 1.165) is 45.5 Å². The SMILES string of the molecule is CCc1ncc(C2Oc3cc(C4=NC(C5CCCN5C(=O)C(NC(=O)OC)C(C)C)NC4)cc(F)c3-c3cc4cc(B5OC(C)(C)C(C)(C)O5)ccc4n32)s1. The number of hydrogen-bond acceptors (Lipinski definition) is 10. The number of carbonyl (C=O) groups excluding carboxylic acids is 2. The number of carbonyl (C=O) groups is 2. The number of fused-ring (bicyclic) bond motifs is 5. The summed E-state index contributed by atoms with van der Waals surface area (Å²) in [5.74, 6) is -0.303. The summed E-state index contributed by atoms with van der Waals surface area (Å²) in [6.45, 7) is 14.9. The van der Waals surface area contributed by atoms with Crippen LogP contribution in [0.4, 0.5) is 9.18 Å². The minimum Gasteiger partial charge on any atom is -0.464 e. The highest BCUT2D eigenvalue weighted by Crippen LogP contribution is 2.47. The van der Waals surface area contributed by atoms with E-state index >= 15 is 4.39 Å². The standard InChI is InChI=1S/C40H48BFN6O6S/c1-9-32-43-20-31(55-32)37-48-27-13-12-24(41-53-39(4,5)40(6,7)54-41)15-23(27)17-29(48)33-25(42)16-22(18-30(33)52-37)26-19-44-35(45-26)28-11-10-14-47(28)36(49)34(21(2)3)46-38(50)51-8/h12-13,15-18,20-21,28,34-35,37,44H,9-11,14,19H2,1-8H3,(H,46,50). The normalized spacial score (nSPS) is 23.1. The van der Waals surface area contributed by atoms with Crippen molar-refractivity contribution in [1.29, 1.82) is 0 Å². The number of thiazole rings is 1. The van der Waals surface area contributed by atoms with Gasteiger partial charge in [-0.1, -0.05) is 32.9 Å². The Morgan fingerprint density at radius 3 is 2.60 bits per heavy atom. The third kappa shape index (κ3) is 6.52. The molecule has 8 rings (SSSR count). The van der Waals surface area contributed by atoms with Crippen LogP contribution in [0, 0.1) is 11.7 Å². The van der Waals surface area contributed by atoms with Gasteiger partial charge in [0.1, 0.15) is 23.8 Å². The number of nitrogens with zero attached hydrogens (tertiary/aromatic N) is 4. The summed E-state index contributed by atoms with van der Waals surface area (Å²) in [5, 5.41) is 8.07. The largest absolute Gasteiger partial charge is 0.494 e. The Morgan fingerprint density at radius 2 is 1.91 bits per heavy atom. The number of aromatic nitrogens is 2. The van der Waals surface area contributed by atoms with Crippen LogP contribution >= 0.6 is 11.3 Å². The average molecular weight is 771 g/mol. The van der Waals surface area contributed by atoms with E-state index in [1.165, 1.54) is 13.2 Å². The van der Waals surface area contributed by atoms with Crippen LogP contribution in [0.25, 0.3) is 22.2 Å². The van der Waals surface area contributed by atoms with Crippen molar-refractivity contribution >= 4 is 52.5 Å². The summed E-state index contributed by atoms with van der Waals surface area (Å²) in [6, 6.07) is 10.6. The first kappa shape index (κ1) is 37.6. The Morgan fingerprint density at radius 1 is 1.15 bits per heavy atom. The van der Waals surface area contributed by atoms with Crippen LogP contribution < -0.4 is 20.8 Å². The molecule has 12 nitrogen and oxygen atoms in total. The minimum absolute atomic E-state index is 0.139. The fourth-order valence-electron chi connectivity index (χ4n) is 8.01. The Hall–Kier alpha value is -4.31. The van der Waals surface area contributed by atoms with Crippen molar-refractivity contribution in [3.63, 3.8) is 0 Å². The highest BCUT2D eigenvalue weighted by atomic mass is 32.1. The van der Waals surface area contributed by atoms with Crippen LogP contribution in [0.15, 0.2) is 47.6 Å². The van der Waals surface area contributed by atoms with Crippen molar-refractivity contribution in [3.8, 4) is 17.0 Å². The molecule has 0 bridgehead atoms. The predicted molar refractivity (Wildman–Crippen MR) is 211 cm³/mol. The van der Waals surface area contributed by atoms with E-state index in [4.69, 9.17) is 23.8 Å². The summed E-state index contributed by atoms with van der Waals surface area (Å²) in [4.78, 5) is 38.2. The molecule has 0 spiro atoms. The van der Waals surface area contributed by atoms with Crippen molar-refractivity contribution in [3.05, 3.63) is 63.9 Å². The molecule has 2 saturated heterocycles. The highest BCUT2D eigenvalue weighted by Gasteiger charge is 2.52. The maximum absolute atomic E-state index is 16.6. The molecule has 2 aromatic heterocycles. The smallest absolute Gasteiger partial charge is 0.464 e. The van der Waals surface area contributed by atoms with Gasteiger partial charge in [0.25, 0.3) is 0 Å². The van der Waals surface area contributed by atoms with E-state index in [1.54, 1.807) is 11.3 Å². The summed E-state index contributed by atoms with van der Waals surface area (Å²) in [7, 11) is 0.745. The number of rotatable bonds is 8. The molecule has 4 aromatic rings. The molecular weight excluding hydrogens is 722 g/mol. The summed E-state index contributed by atoms with van der Waals surface area (Å²) in [5.41, 5.74) is 3.18. The Labute approximate surface area is 324 Å². The second-order valence-corrected chi connectivity index (χ2v) is 17.3. The van der Waals surface area contributed by atoms with Gasteiger partial charge in [0, 0.05) is 30.2 Å². The van der Waals surface area contributed by atoms with Gasteiger partial charge < -0.3 is 29.0 Å². The average Bonchev–Trinajstić information content (AvgIpc) is 3.99. The van der Waals surface area contributed by atoms with Gasteiger partial charge in [0.05, 0.1) is 56.7 Å². The number of methoxy groups -OCH3 is 1. The minimum atomic E-state index is -0.726. The molecule has 4 unspecified atom stereocenters. The van der Waals surface area contributed by atoms with Gasteiger partial charge in [0.15, 0.2) is 0 Å². The van der Waals surface area contributed by atoms with Crippen molar-refractivity contribution in [2.75, 3.05) is 20.2 Å². The molecule has 0 saturated carbocycles. The molecule has 0 radical (unpaired) electrons. The van der Waals surface area contributed by atoms with Crippen molar-refractivity contribution in [2.45, 2.75) is 103 Å². The molecule has 2 N–H and O–H groups in total. The topological polar surface area (TPSA) is 129 Å². The molecule has 2 fully saturated rings. The van der Waals surface area contributed by atoms with Gasteiger partial charge in [-0.15, -0.1) is 11.3 Å². The summed E-state index contributed by atoms with van der Waals surface area (Å²) >= 11 is 1.58. The molecule has 15 heteroatoms. The number of ether oxygens (including phenoxy) is 2. The van der Waals surface area contributed by atoms with Gasteiger partial charge in [-0.25, -0.2) is 14.2 Å². The molecular formula is C40H48BFN6O6S. The maximum atomic E-state index is 16.6. The van der Waals surface area contributed by atoms with Gasteiger partial charge in [-0.3, -0.25) is 19.7 Å². The molecule has 4 aliphatic heterocycles. The Balaban J connectivity index is 1.13. The number of aliphatic imine (C=N–C) groups is 1. The van der Waals surface area contributed by atoms with E-state index in [9.17, 15) is 9.59 Å². The predicted octanol–water partition coefficient (Wildman–Crippen LogP) is 5.79. The molecule has 55 heavy (non-hydrogen) atoms. The van der Waals surface area contributed by atoms with Gasteiger partial charge in [-0.05, 0) is 82.6 Å². The van der Waals surface area contributed by atoms with Crippen LogP contribution in [0.1, 0.15) is 83.0 Å². The van der Waals surface area contributed by atoms with E-state index in [0.29, 0.717) is 41.4 Å². The molecule has 2 aromatic carbocycles. The van der Waals surface area contributed by atoms with Crippen LogP contribution in [0.2, 0.25) is 0 Å². The summed E-state index contributed by atoms with van der Waals surface area (Å²) < 4.78 is 43.0. The van der Waals surface area contributed by atoms with Gasteiger partial charge in [-0.2, -0.15) is 0 Å². The third-order valence-electron chi connectivity index (χ3n) is 11.7. The third-order valence-corrected chi connectivity index (χ3v) is 12.9.